The van der Waals surface area contributed by atoms with Gasteiger partial charge in [-0.15, -0.1) is 0 Å². The van der Waals surface area contributed by atoms with E-state index in [-0.39, 0.29) is 12.7 Å². The number of pyridine rings is 1. The summed E-state index contributed by atoms with van der Waals surface area (Å²) < 4.78 is 25.5. The van der Waals surface area contributed by atoms with Crippen molar-refractivity contribution in [3.63, 3.8) is 0 Å². The number of hydrogen-bond donors (Lipinski definition) is 1. The molecule has 1 atom stereocenters. The number of rotatable bonds is 10. The van der Waals surface area contributed by atoms with E-state index in [1.165, 1.54) is 6.20 Å². The van der Waals surface area contributed by atoms with Gasteiger partial charge in [-0.3, -0.25) is 9.88 Å². The Kier molecular flexibility index (Phi) is 10.1. The van der Waals surface area contributed by atoms with Crippen molar-refractivity contribution in [1.29, 1.82) is 5.26 Å². The summed E-state index contributed by atoms with van der Waals surface area (Å²) in [4.78, 5) is 6.34. The zero-order chi connectivity index (χ0) is 34.9. The highest BCUT2D eigenvalue weighted by atomic mass is 35.5. The van der Waals surface area contributed by atoms with Crippen LogP contribution in [0.4, 0.5) is 0 Å². The van der Waals surface area contributed by atoms with Gasteiger partial charge in [-0.2, -0.15) is 5.26 Å². The monoisotopic (exact) mass is 679 g/mol. The third-order valence-electron chi connectivity index (χ3n) is 10.1. The molecule has 0 radical (unpaired) electrons. The first-order valence-electron chi connectivity index (χ1n) is 16.7. The Labute approximate surface area is 294 Å². The molecule has 49 heavy (non-hydrogen) atoms. The van der Waals surface area contributed by atoms with Gasteiger partial charge in [-0.25, -0.2) is 0 Å². The van der Waals surface area contributed by atoms with Gasteiger partial charge in [0.15, 0.2) is 0 Å². The number of aliphatic hydroxyl groups excluding tert-OH is 1. The lowest BCUT2D eigenvalue weighted by atomic mass is 9.74. The third-order valence-corrected chi connectivity index (χ3v) is 10.4. The molecule has 2 fully saturated rings. The van der Waals surface area contributed by atoms with Crippen LogP contribution in [0.3, 0.4) is 0 Å². The van der Waals surface area contributed by atoms with Gasteiger partial charge >= 0.3 is 7.12 Å². The molecule has 3 aromatic carbocycles. The average molecular weight is 680 g/mol. The van der Waals surface area contributed by atoms with E-state index in [2.05, 4.69) is 93.9 Å². The van der Waals surface area contributed by atoms with Gasteiger partial charge in [-0.05, 0) is 93.4 Å². The standard InChI is InChI=1S/C39H43BClN3O5/c1-25-29(9-7-10-32(25)33-11-8-12-34(26(33)2)40-48-38(3,4)39(5,6)49-40)24-47-37-17-36(46-23-28-15-27(18-42)19-43-20-28)30(16-35(37)41)21-44-14-13-31(45)22-44/h7-12,15-17,19-20,31,45H,13-14,21-24H2,1-6H3. The quantitative estimate of drug-likeness (QED) is 0.181. The number of likely N-dealkylation sites (tertiary alicyclic amines) is 1. The summed E-state index contributed by atoms with van der Waals surface area (Å²) in [6.07, 6.45) is 3.61. The molecule has 2 aliphatic heterocycles. The van der Waals surface area contributed by atoms with Crippen molar-refractivity contribution in [1.82, 2.24) is 9.88 Å². The molecule has 0 bridgehead atoms. The van der Waals surface area contributed by atoms with E-state index < -0.39 is 18.3 Å². The van der Waals surface area contributed by atoms with Crippen LogP contribution >= 0.6 is 11.6 Å². The van der Waals surface area contributed by atoms with Crippen LogP contribution in [0.5, 0.6) is 11.5 Å². The molecule has 0 spiro atoms. The first-order chi connectivity index (χ1) is 23.3. The number of benzene rings is 3. The van der Waals surface area contributed by atoms with Gasteiger partial charge in [0.2, 0.25) is 0 Å². The summed E-state index contributed by atoms with van der Waals surface area (Å²) in [5.41, 5.74) is 7.82. The van der Waals surface area contributed by atoms with E-state index in [9.17, 15) is 10.4 Å². The molecule has 1 N–H and O–H groups in total. The lowest BCUT2D eigenvalue weighted by Crippen LogP contribution is -2.41. The van der Waals surface area contributed by atoms with E-state index >= 15 is 0 Å². The van der Waals surface area contributed by atoms with E-state index in [0.29, 0.717) is 41.8 Å². The molecule has 254 valence electrons. The first kappa shape index (κ1) is 34.9. The molecule has 0 aliphatic carbocycles. The Morgan fingerprint density at radius 2 is 1.63 bits per heavy atom. The summed E-state index contributed by atoms with van der Waals surface area (Å²) in [5.74, 6) is 1.14. The van der Waals surface area contributed by atoms with Crippen LogP contribution in [0.1, 0.15) is 67.5 Å². The highest BCUT2D eigenvalue weighted by Crippen LogP contribution is 2.38. The normalized spacial score (nSPS) is 18.4. The fourth-order valence-electron chi connectivity index (χ4n) is 6.39. The van der Waals surface area contributed by atoms with Crippen molar-refractivity contribution >= 4 is 24.2 Å². The molecule has 0 amide bonds. The minimum Gasteiger partial charge on any atom is -0.488 e. The van der Waals surface area contributed by atoms with Gasteiger partial charge in [0.1, 0.15) is 30.8 Å². The molecule has 3 heterocycles. The first-order valence-corrected chi connectivity index (χ1v) is 17.1. The maximum absolute atomic E-state index is 10.1. The average Bonchev–Trinajstić information content (AvgIpc) is 3.57. The van der Waals surface area contributed by atoms with Crippen LogP contribution in [0.25, 0.3) is 11.1 Å². The SMILES string of the molecule is Cc1c(COc2cc(OCc3cncc(C#N)c3)c(CN3CCC(O)C3)cc2Cl)cccc1-c1cccc(B2OC(C)(C)C(C)(C)O2)c1C. The zero-order valence-electron chi connectivity index (χ0n) is 29.0. The van der Waals surface area contributed by atoms with Crippen LogP contribution in [-0.4, -0.2) is 52.5 Å². The van der Waals surface area contributed by atoms with Crippen molar-refractivity contribution in [2.75, 3.05) is 13.1 Å². The Morgan fingerprint density at radius 1 is 0.939 bits per heavy atom. The lowest BCUT2D eigenvalue weighted by Gasteiger charge is -2.32. The van der Waals surface area contributed by atoms with Gasteiger partial charge in [0.05, 0.1) is 27.9 Å². The maximum Gasteiger partial charge on any atom is 0.495 e. The highest BCUT2D eigenvalue weighted by Gasteiger charge is 2.52. The number of aliphatic hydroxyl groups is 1. The minimum atomic E-state index is -0.444. The molecule has 8 nitrogen and oxygen atoms in total. The summed E-state index contributed by atoms with van der Waals surface area (Å²) in [5, 5.41) is 19.9. The fourth-order valence-corrected chi connectivity index (χ4v) is 6.63. The van der Waals surface area contributed by atoms with E-state index in [1.807, 2.05) is 12.1 Å². The van der Waals surface area contributed by atoms with Crippen LogP contribution in [0, 0.1) is 25.2 Å². The Hall–Kier alpha value is -3.91. The Balaban J connectivity index is 1.24. The number of aromatic nitrogens is 1. The number of hydrogen-bond acceptors (Lipinski definition) is 8. The van der Waals surface area contributed by atoms with Crippen molar-refractivity contribution in [2.24, 2.45) is 0 Å². The molecular weight excluding hydrogens is 637 g/mol. The second-order valence-electron chi connectivity index (χ2n) is 14.0. The molecule has 4 aromatic rings. The predicted molar refractivity (Wildman–Crippen MR) is 192 cm³/mol. The number of nitriles is 1. The number of ether oxygens (including phenoxy) is 2. The van der Waals surface area contributed by atoms with Crippen molar-refractivity contribution in [3.8, 4) is 28.7 Å². The van der Waals surface area contributed by atoms with Crippen LogP contribution in [-0.2, 0) is 29.1 Å². The van der Waals surface area contributed by atoms with Crippen LogP contribution in [0.2, 0.25) is 5.02 Å². The van der Waals surface area contributed by atoms with Crippen LogP contribution in [0.15, 0.2) is 67.0 Å². The van der Waals surface area contributed by atoms with Crippen molar-refractivity contribution < 1.29 is 23.9 Å². The van der Waals surface area contributed by atoms with E-state index in [1.54, 1.807) is 12.3 Å². The van der Waals surface area contributed by atoms with Gasteiger partial charge in [0.25, 0.3) is 0 Å². The second-order valence-corrected chi connectivity index (χ2v) is 14.4. The van der Waals surface area contributed by atoms with Crippen molar-refractivity contribution in [3.05, 3.63) is 105 Å². The van der Waals surface area contributed by atoms with Gasteiger partial charge in [0, 0.05) is 49.2 Å². The summed E-state index contributed by atoms with van der Waals surface area (Å²) in [7, 11) is -0.444. The summed E-state index contributed by atoms with van der Waals surface area (Å²) in [6.45, 7) is 15.0. The third kappa shape index (κ3) is 7.50. The fraction of sp³-hybridized carbons (Fsp3) is 0.385. The topological polar surface area (TPSA) is 97.1 Å². The largest absolute Gasteiger partial charge is 0.495 e. The molecule has 1 unspecified atom stereocenters. The number of halogens is 1. The molecule has 2 saturated heterocycles. The van der Waals surface area contributed by atoms with Gasteiger partial charge < -0.3 is 23.9 Å². The predicted octanol–water partition coefficient (Wildman–Crippen LogP) is 6.91. The highest BCUT2D eigenvalue weighted by molar-refractivity contribution is 6.62. The summed E-state index contributed by atoms with van der Waals surface area (Å²) >= 11 is 6.83. The Morgan fingerprint density at radius 3 is 2.33 bits per heavy atom. The maximum atomic E-state index is 10.1. The zero-order valence-corrected chi connectivity index (χ0v) is 29.8. The van der Waals surface area contributed by atoms with Gasteiger partial charge in [-0.1, -0.05) is 48.0 Å². The number of nitrogens with zero attached hydrogens (tertiary/aromatic N) is 3. The van der Waals surface area contributed by atoms with Crippen molar-refractivity contribution in [2.45, 2.75) is 85.0 Å². The molecular formula is C39H43BClN3O5. The minimum absolute atomic E-state index is 0.227. The smallest absolute Gasteiger partial charge is 0.488 e. The molecule has 2 aliphatic rings. The van der Waals surface area contributed by atoms with E-state index in [0.717, 1.165) is 57.4 Å². The van der Waals surface area contributed by atoms with E-state index in [4.69, 9.17) is 30.4 Å². The lowest BCUT2D eigenvalue weighted by molar-refractivity contribution is 0.00578. The molecule has 1 aromatic heterocycles. The number of β-amino-alcohol motifs (C(OH)–C–C–N with tert-alkyl or cyclic N) is 1. The van der Waals surface area contributed by atoms with Crippen LogP contribution < -0.4 is 14.9 Å². The molecule has 6 rings (SSSR count). The molecule has 0 saturated carbocycles. The summed E-state index contributed by atoms with van der Waals surface area (Å²) in [6, 6.07) is 20.1. The Bertz CT molecular complexity index is 1880. The second kappa shape index (κ2) is 14.1. The molecule has 10 heteroatoms.